The summed E-state index contributed by atoms with van der Waals surface area (Å²) in [5.74, 6) is 0. The van der Waals surface area contributed by atoms with Gasteiger partial charge in [0, 0.05) is 28.0 Å². The summed E-state index contributed by atoms with van der Waals surface area (Å²) in [4.78, 5) is 1.16. The van der Waals surface area contributed by atoms with Crippen LogP contribution in [0.2, 0.25) is 5.02 Å². The van der Waals surface area contributed by atoms with Crippen molar-refractivity contribution in [2.75, 3.05) is 6.54 Å². The smallest absolute Gasteiger partial charge is 0.0600 e. The molecule has 3 aromatic rings. The van der Waals surface area contributed by atoms with Crippen molar-refractivity contribution in [1.82, 2.24) is 9.29 Å². The van der Waals surface area contributed by atoms with Crippen LogP contribution in [0.4, 0.5) is 0 Å². The molecule has 1 N–H and O–H groups in total. The highest BCUT2D eigenvalue weighted by molar-refractivity contribution is 7.98. The van der Waals surface area contributed by atoms with E-state index in [0.717, 1.165) is 29.4 Å². The van der Waals surface area contributed by atoms with Crippen molar-refractivity contribution >= 4 is 34.5 Å². The second kappa shape index (κ2) is 5.41. The Kier molecular flexibility index (Phi) is 3.42. The third-order valence-electron chi connectivity index (χ3n) is 3.85. The topological polar surface area (TPSA) is 17.0 Å². The Morgan fingerprint density at radius 3 is 2.90 bits per heavy atom. The molecule has 0 unspecified atom stereocenters. The van der Waals surface area contributed by atoms with E-state index in [1.54, 1.807) is 11.9 Å². The Morgan fingerprint density at radius 2 is 2.00 bits per heavy atom. The number of nitrogens with zero attached hydrogens (tertiary/aromatic N) is 1. The zero-order chi connectivity index (χ0) is 14.2. The number of hydrogen-bond acceptors (Lipinski definition) is 2. The zero-order valence-corrected chi connectivity index (χ0v) is 13.0. The summed E-state index contributed by atoms with van der Waals surface area (Å²) in [6.45, 7) is 1.99. The van der Waals surface area contributed by atoms with E-state index in [-0.39, 0.29) is 0 Å². The number of benzene rings is 2. The Hall–Kier alpha value is -1.42. The predicted molar refractivity (Wildman–Crippen MR) is 90.1 cm³/mol. The molecule has 106 valence electrons. The summed E-state index contributed by atoms with van der Waals surface area (Å²) in [6.07, 6.45) is 3.35. The zero-order valence-electron chi connectivity index (χ0n) is 11.5. The first-order valence-corrected chi connectivity index (χ1v) is 8.23. The van der Waals surface area contributed by atoms with Gasteiger partial charge in [-0.15, -0.1) is 0 Å². The van der Waals surface area contributed by atoms with Crippen LogP contribution < -0.4 is 5.32 Å². The monoisotopic (exact) mass is 314 g/mol. The van der Waals surface area contributed by atoms with Crippen LogP contribution in [0, 0.1) is 0 Å². The first-order chi connectivity index (χ1) is 10.3. The average Bonchev–Trinajstić information content (AvgIpc) is 2.69. The number of hydrogen-bond donors (Lipinski definition) is 1. The number of nitrogens with one attached hydrogen (secondary N) is 1. The lowest BCUT2D eigenvalue weighted by atomic mass is 10.1. The normalized spacial score (nSPS) is 14.3. The van der Waals surface area contributed by atoms with Crippen molar-refractivity contribution in [3.8, 4) is 0 Å². The maximum Gasteiger partial charge on any atom is 0.0600 e. The van der Waals surface area contributed by atoms with Crippen molar-refractivity contribution in [3.63, 3.8) is 0 Å². The molecule has 2 aromatic carbocycles. The molecule has 0 bridgehead atoms. The molecule has 0 atom stereocenters. The van der Waals surface area contributed by atoms with E-state index in [0.29, 0.717) is 0 Å². The second-order valence-electron chi connectivity index (χ2n) is 5.27. The van der Waals surface area contributed by atoms with Gasteiger partial charge in [-0.3, -0.25) is 3.97 Å². The van der Waals surface area contributed by atoms with Gasteiger partial charge >= 0.3 is 0 Å². The SMILES string of the molecule is Clc1cccc(Sn2cc3c4c(cccc42)CNCC3)c1. The largest absolute Gasteiger partial charge is 0.312 e. The van der Waals surface area contributed by atoms with Crippen LogP contribution in [0.1, 0.15) is 11.1 Å². The van der Waals surface area contributed by atoms with E-state index in [1.807, 2.05) is 18.2 Å². The maximum absolute atomic E-state index is 6.09. The van der Waals surface area contributed by atoms with Crippen LogP contribution in [-0.4, -0.2) is 10.5 Å². The summed E-state index contributed by atoms with van der Waals surface area (Å²) in [7, 11) is 0. The van der Waals surface area contributed by atoms with Crippen molar-refractivity contribution in [2.24, 2.45) is 0 Å². The maximum atomic E-state index is 6.09. The van der Waals surface area contributed by atoms with E-state index in [4.69, 9.17) is 11.6 Å². The molecule has 0 saturated heterocycles. The molecule has 1 aromatic heterocycles. The molecule has 21 heavy (non-hydrogen) atoms. The van der Waals surface area contributed by atoms with Gasteiger partial charge in [0.1, 0.15) is 0 Å². The lowest BCUT2D eigenvalue weighted by Crippen LogP contribution is -2.13. The lowest BCUT2D eigenvalue weighted by Gasteiger charge is -2.07. The molecule has 0 spiro atoms. The standard InChI is InChI=1S/C17H15ClN2S/c18-14-4-2-5-15(9-14)21-20-11-13-7-8-19-10-12-3-1-6-16(20)17(12)13/h1-6,9,11,19H,7-8,10H2. The van der Waals surface area contributed by atoms with Gasteiger partial charge in [0.25, 0.3) is 0 Å². The van der Waals surface area contributed by atoms with Gasteiger partial charge in [-0.25, -0.2) is 0 Å². The molecular weight excluding hydrogens is 300 g/mol. The van der Waals surface area contributed by atoms with E-state index < -0.39 is 0 Å². The quantitative estimate of drug-likeness (QED) is 0.750. The molecule has 1 aliphatic rings. The molecule has 0 saturated carbocycles. The molecule has 2 heterocycles. The van der Waals surface area contributed by atoms with Crippen molar-refractivity contribution in [1.29, 1.82) is 0 Å². The molecule has 1 aliphatic heterocycles. The van der Waals surface area contributed by atoms with Gasteiger partial charge in [-0.1, -0.05) is 29.8 Å². The van der Waals surface area contributed by atoms with Crippen molar-refractivity contribution < 1.29 is 0 Å². The predicted octanol–water partition coefficient (Wildman–Crippen LogP) is 4.50. The van der Waals surface area contributed by atoms with Crippen molar-refractivity contribution in [2.45, 2.75) is 17.9 Å². The molecule has 2 nitrogen and oxygen atoms in total. The van der Waals surface area contributed by atoms with Crippen LogP contribution >= 0.6 is 23.5 Å². The van der Waals surface area contributed by atoms with Crippen LogP contribution in [0.5, 0.6) is 0 Å². The summed E-state index contributed by atoms with van der Waals surface area (Å²) >= 11 is 7.81. The van der Waals surface area contributed by atoms with Crippen LogP contribution in [0.25, 0.3) is 10.9 Å². The van der Waals surface area contributed by atoms with E-state index in [1.165, 1.54) is 22.0 Å². The number of aromatic nitrogens is 1. The summed E-state index contributed by atoms with van der Waals surface area (Å²) in [5.41, 5.74) is 4.11. The number of rotatable bonds is 2. The highest BCUT2D eigenvalue weighted by Crippen LogP contribution is 2.33. The summed E-state index contributed by atoms with van der Waals surface area (Å²) < 4.78 is 2.27. The molecule has 4 rings (SSSR count). The average molecular weight is 315 g/mol. The van der Waals surface area contributed by atoms with Gasteiger partial charge in [0.15, 0.2) is 0 Å². The molecule has 4 heteroatoms. The van der Waals surface area contributed by atoms with Gasteiger partial charge in [0.05, 0.1) is 5.52 Å². The molecular formula is C17H15ClN2S. The summed E-state index contributed by atoms with van der Waals surface area (Å²) in [5, 5.41) is 5.68. The van der Waals surface area contributed by atoms with Crippen molar-refractivity contribution in [3.05, 3.63) is 64.8 Å². The van der Waals surface area contributed by atoms with Gasteiger partial charge in [-0.05, 0) is 60.3 Å². The fourth-order valence-corrected chi connectivity index (χ4v) is 4.14. The minimum absolute atomic E-state index is 0.780. The summed E-state index contributed by atoms with van der Waals surface area (Å²) in [6, 6.07) is 14.6. The Morgan fingerprint density at radius 1 is 1.10 bits per heavy atom. The second-order valence-corrected chi connectivity index (χ2v) is 6.75. The van der Waals surface area contributed by atoms with Crippen LogP contribution in [0.3, 0.4) is 0 Å². The fraction of sp³-hybridized carbons (Fsp3) is 0.176. The molecule has 0 radical (unpaired) electrons. The highest BCUT2D eigenvalue weighted by Gasteiger charge is 2.15. The first kappa shape index (κ1) is 13.3. The minimum atomic E-state index is 0.780. The molecule has 0 aliphatic carbocycles. The van der Waals surface area contributed by atoms with Crippen LogP contribution in [0.15, 0.2) is 53.6 Å². The van der Waals surface area contributed by atoms with E-state index >= 15 is 0 Å². The third-order valence-corrected chi connectivity index (χ3v) is 5.05. The fourth-order valence-electron chi connectivity index (χ4n) is 2.91. The Labute approximate surface area is 133 Å². The van der Waals surface area contributed by atoms with E-state index in [2.05, 4.69) is 39.8 Å². The third kappa shape index (κ3) is 2.46. The highest BCUT2D eigenvalue weighted by atomic mass is 35.5. The molecule has 0 amide bonds. The van der Waals surface area contributed by atoms with Gasteiger partial charge in [-0.2, -0.15) is 0 Å². The van der Waals surface area contributed by atoms with Gasteiger partial charge in [0.2, 0.25) is 0 Å². The lowest BCUT2D eigenvalue weighted by molar-refractivity contribution is 0.701. The van der Waals surface area contributed by atoms with Gasteiger partial charge < -0.3 is 5.32 Å². The molecule has 0 fully saturated rings. The van der Waals surface area contributed by atoms with E-state index in [9.17, 15) is 0 Å². The van der Waals surface area contributed by atoms with Crippen LogP contribution in [-0.2, 0) is 13.0 Å². The first-order valence-electron chi connectivity index (χ1n) is 7.08. The Bertz CT molecular complexity index is 810. The number of halogens is 1. The minimum Gasteiger partial charge on any atom is -0.312 e. The Balaban J connectivity index is 1.83.